The van der Waals surface area contributed by atoms with Crippen LogP contribution in [0.5, 0.6) is 0 Å². The van der Waals surface area contributed by atoms with Gasteiger partial charge in [-0.3, -0.25) is 18.6 Å². The van der Waals surface area contributed by atoms with Crippen molar-refractivity contribution in [2.75, 3.05) is 26.4 Å². The van der Waals surface area contributed by atoms with Gasteiger partial charge < -0.3 is 24.6 Å². The Bertz CT molecular complexity index is 884. The van der Waals surface area contributed by atoms with E-state index in [0.29, 0.717) is 12.8 Å². The predicted octanol–water partition coefficient (Wildman–Crippen LogP) is 10.8. The summed E-state index contributed by atoms with van der Waals surface area (Å²) in [5.74, 6) is -0.972. The number of phosphoric ester groups is 1. The second kappa shape index (κ2) is 38.0. The number of aliphatic hydroxyl groups excluding tert-OH is 2. The Labute approximate surface area is 317 Å². The lowest BCUT2D eigenvalue weighted by Crippen LogP contribution is -2.29. The number of phosphoric acid groups is 1. The summed E-state index contributed by atoms with van der Waals surface area (Å²) in [7, 11) is -4.62. The number of carbonyl (C=O) groups is 2. The van der Waals surface area contributed by atoms with Gasteiger partial charge in [0.1, 0.15) is 12.7 Å². The molecule has 0 aromatic carbocycles. The summed E-state index contributed by atoms with van der Waals surface area (Å²) in [4.78, 5) is 34.9. The van der Waals surface area contributed by atoms with Gasteiger partial charge in [0.15, 0.2) is 6.10 Å². The number of hydrogen-bond donors (Lipinski definition) is 3. The van der Waals surface area contributed by atoms with E-state index in [1.807, 2.05) is 6.08 Å². The summed E-state index contributed by atoms with van der Waals surface area (Å²) in [5.41, 5.74) is 0. The normalized spacial score (nSPS) is 14.0. The smallest absolute Gasteiger partial charge is 0.462 e. The molecule has 0 saturated carbocycles. The first-order valence-corrected chi connectivity index (χ1v) is 22.6. The average Bonchev–Trinajstić information content (AvgIpc) is 3.13. The molecule has 308 valence electrons. The van der Waals surface area contributed by atoms with Crippen LogP contribution in [0.1, 0.15) is 200 Å². The summed E-state index contributed by atoms with van der Waals surface area (Å²) in [5, 5.41) is 18.3. The van der Waals surface area contributed by atoms with Crippen molar-refractivity contribution in [1.29, 1.82) is 0 Å². The van der Waals surface area contributed by atoms with Gasteiger partial charge in [0, 0.05) is 12.8 Å². The molecular formula is C41H79O10P. The Kier molecular flexibility index (Phi) is 37.1. The van der Waals surface area contributed by atoms with Crippen molar-refractivity contribution in [2.24, 2.45) is 0 Å². The number of rotatable bonds is 40. The number of aliphatic hydroxyl groups is 2. The topological polar surface area (TPSA) is 149 Å². The lowest BCUT2D eigenvalue weighted by molar-refractivity contribution is -0.161. The van der Waals surface area contributed by atoms with Crippen LogP contribution < -0.4 is 0 Å². The zero-order valence-corrected chi connectivity index (χ0v) is 34.2. The number of unbranched alkanes of at least 4 members (excludes halogenated alkanes) is 24. The van der Waals surface area contributed by atoms with E-state index < -0.39 is 51.8 Å². The van der Waals surface area contributed by atoms with E-state index in [1.54, 1.807) is 0 Å². The maximum Gasteiger partial charge on any atom is 0.472 e. The number of carbonyl (C=O) groups excluding carboxylic acids is 2. The maximum atomic E-state index is 12.6. The van der Waals surface area contributed by atoms with Crippen LogP contribution in [-0.2, 0) is 32.7 Å². The van der Waals surface area contributed by atoms with Gasteiger partial charge in [-0.25, -0.2) is 4.57 Å². The average molecular weight is 763 g/mol. The van der Waals surface area contributed by atoms with Gasteiger partial charge in [-0.15, -0.1) is 0 Å². The molecule has 3 N–H and O–H groups in total. The van der Waals surface area contributed by atoms with Gasteiger partial charge >= 0.3 is 19.8 Å². The Morgan fingerprint density at radius 2 is 0.981 bits per heavy atom. The van der Waals surface area contributed by atoms with Crippen LogP contribution >= 0.6 is 7.82 Å². The molecule has 0 aliphatic rings. The Hall–Kier alpha value is -1.29. The number of allylic oxidation sites excluding steroid dienone is 2. The van der Waals surface area contributed by atoms with Gasteiger partial charge in [0.05, 0.1) is 19.8 Å². The second-order valence-corrected chi connectivity index (χ2v) is 15.8. The molecule has 1 unspecified atom stereocenters. The van der Waals surface area contributed by atoms with Gasteiger partial charge in [-0.05, 0) is 25.7 Å². The molecule has 52 heavy (non-hydrogen) atoms. The summed E-state index contributed by atoms with van der Waals surface area (Å²) in [6, 6.07) is 0. The third-order valence-electron chi connectivity index (χ3n) is 9.18. The molecule has 0 saturated heterocycles. The van der Waals surface area contributed by atoms with E-state index in [0.717, 1.165) is 32.1 Å². The predicted molar refractivity (Wildman–Crippen MR) is 210 cm³/mol. The van der Waals surface area contributed by atoms with E-state index in [9.17, 15) is 24.2 Å². The standard InChI is InChI=1S/C41H79O10P/c1-3-5-7-9-11-13-15-17-19-21-22-24-26-28-30-32-40(44)48-36-39(37-50-52(46,47)49-35-38(43)34-42)51-41(45)33-31-29-27-25-23-20-18-16-14-12-10-8-6-4-2/h26,28,38-39,42-43H,3-25,27,29-37H2,1-2H3,(H,46,47)/b28-26+/t38-,39+/m0/s1. The lowest BCUT2D eigenvalue weighted by atomic mass is 10.0. The fourth-order valence-corrected chi connectivity index (χ4v) is 6.68. The first kappa shape index (κ1) is 50.7. The van der Waals surface area contributed by atoms with Crippen LogP contribution in [0.15, 0.2) is 12.2 Å². The molecule has 0 aliphatic carbocycles. The summed E-state index contributed by atoms with van der Waals surface area (Å²) < 4.78 is 32.6. The van der Waals surface area contributed by atoms with Gasteiger partial charge in [0.25, 0.3) is 0 Å². The molecule has 11 heteroatoms. The quantitative estimate of drug-likeness (QED) is 0.0238. The minimum atomic E-state index is -4.62. The van der Waals surface area contributed by atoms with Crippen molar-refractivity contribution in [3.8, 4) is 0 Å². The highest BCUT2D eigenvalue weighted by Gasteiger charge is 2.27. The Morgan fingerprint density at radius 1 is 0.558 bits per heavy atom. The molecule has 0 spiro atoms. The molecule has 0 radical (unpaired) electrons. The molecule has 0 aromatic heterocycles. The van der Waals surface area contributed by atoms with E-state index in [1.165, 1.54) is 128 Å². The molecule has 10 nitrogen and oxygen atoms in total. The van der Waals surface area contributed by atoms with Crippen LogP contribution in [0.2, 0.25) is 0 Å². The molecule has 0 heterocycles. The van der Waals surface area contributed by atoms with Crippen LogP contribution in [0, 0.1) is 0 Å². The minimum Gasteiger partial charge on any atom is -0.462 e. The highest BCUT2D eigenvalue weighted by atomic mass is 31.2. The van der Waals surface area contributed by atoms with E-state index >= 15 is 0 Å². The first-order chi connectivity index (χ1) is 25.2. The molecule has 0 fully saturated rings. The molecular weight excluding hydrogens is 683 g/mol. The zero-order valence-electron chi connectivity index (χ0n) is 33.3. The van der Waals surface area contributed by atoms with Crippen molar-refractivity contribution < 1.29 is 47.8 Å². The second-order valence-electron chi connectivity index (χ2n) is 14.4. The minimum absolute atomic E-state index is 0.163. The molecule has 0 bridgehead atoms. The third kappa shape index (κ3) is 37.0. The molecule has 0 rings (SSSR count). The summed E-state index contributed by atoms with van der Waals surface area (Å²) >= 11 is 0. The fourth-order valence-electron chi connectivity index (χ4n) is 5.89. The van der Waals surface area contributed by atoms with Crippen LogP contribution in [0.4, 0.5) is 0 Å². The van der Waals surface area contributed by atoms with Gasteiger partial charge in [-0.2, -0.15) is 0 Å². The van der Waals surface area contributed by atoms with Gasteiger partial charge in [0.2, 0.25) is 0 Å². The van der Waals surface area contributed by atoms with Crippen LogP contribution in [-0.4, -0.2) is 65.7 Å². The van der Waals surface area contributed by atoms with E-state index in [-0.39, 0.29) is 19.4 Å². The molecule has 3 atom stereocenters. The largest absolute Gasteiger partial charge is 0.472 e. The van der Waals surface area contributed by atoms with E-state index in [4.69, 9.17) is 19.1 Å². The Morgan fingerprint density at radius 3 is 1.46 bits per heavy atom. The number of esters is 2. The van der Waals surface area contributed by atoms with Gasteiger partial charge in [-0.1, -0.05) is 174 Å². The van der Waals surface area contributed by atoms with Crippen molar-refractivity contribution in [2.45, 2.75) is 212 Å². The van der Waals surface area contributed by atoms with Crippen molar-refractivity contribution in [1.82, 2.24) is 0 Å². The Balaban J connectivity index is 4.32. The monoisotopic (exact) mass is 763 g/mol. The highest BCUT2D eigenvalue weighted by molar-refractivity contribution is 7.47. The summed E-state index contributed by atoms with van der Waals surface area (Å²) in [6.45, 7) is 2.36. The third-order valence-corrected chi connectivity index (χ3v) is 10.1. The van der Waals surface area contributed by atoms with Crippen LogP contribution in [0.3, 0.4) is 0 Å². The lowest BCUT2D eigenvalue weighted by Gasteiger charge is -2.20. The van der Waals surface area contributed by atoms with Crippen molar-refractivity contribution in [3.63, 3.8) is 0 Å². The highest BCUT2D eigenvalue weighted by Crippen LogP contribution is 2.43. The van der Waals surface area contributed by atoms with Crippen LogP contribution in [0.25, 0.3) is 0 Å². The first-order valence-electron chi connectivity index (χ1n) is 21.1. The van der Waals surface area contributed by atoms with Crippen molar-refractivity contribution >= 4 is 19.8 Å². The zero-order chi connectivity index (χ0) is 38.4. The maximum absolute atomic E-state index is 12.6. The molecule has 0 aromatic rings. The number of hydrogen-bond acceptors (Lipinski definition) is 9. The van der Waals surface area contributed by atoms with Crippen molar-refractivity contribution in [3.05, 3.63) is 12.2 Å². The number of ether oxygens (including phenoxy) is 2. The van der Waals surface area contributed by atoms with E-state index in [2.05, 4.69) is 24.4 Å². The summed E-state index contributed by atoms with van der Waals surface area (Å²) in [6.07, 6.45) is 34.7. The fraction of sp³-hybridized carbons (Fsp3) is 0.902. The molecule has 0 aliphatic heterocycles. The molecule has 0 amide bonds. The SMILES string of the molecule is CCCCCCCCCCCCC/C=C/CCC(=O)OC[C@H](COP(=O)(O)OC[C@@H](O)CO)OC(=O)CCCCCCCCCCCCCCCC.